The Morgan fingerprint density at radius 1 is 0.714 bits per heavy atom. The molecule has 1 heterocycles. The van der Waals surface area contributed by atoms with Crippen molar-refractivity contribution < 1.29 is 22.7 Å². The zero-order valence-corrected chi connectivity index (χ0v) is 19.8. The summed E-state index contributed by atoms with van der Waals surface area (Å²) in [5, 5.41) is 0.408. The predicted molar refractivity (Wildman–Crippen MR) is 132 cm³/mol. The molecule has 8 heteroatoms. The average molecular weight is 504 g/mol. The highest BCUT2D eigenvalue weighted by Gasteiger charge is 2.37. The molecule has 5 rings (SSSR count). The van der Waals surface area contributed by atoms with Crippen LogP contribution in [0.4, 0.5) is 5.69 Å². The number of rotatable bonds is 6. The highest BCUT2D eigenvalue weighted by molar-refractivity contribution is 7.91. The lowest BCUT2D eigenvalue weighted by molar-refractivity contribution is 0.0926. The van der Waals surface area contributed by atoms with Gasteiger partial charge in [0, 0.05) is 5.02 Å². The number of fused-ring (bicyclic) bond motifs is 1. The van der Waals surface area contributed by atoms with Crippen LogP contribution >= 0.6 is 11.6 Å². The van der Waals surface area contributed by atoms with E-state index in [1.54, 1.807) is 24.3 Å². The summed E-state index contributed by atoms with van der Waals surface area (Å²) in [7, 11) is -3.89. The number of hydrogen-bond acceptors (Lipinski definition) is 5. The second-order valence-electron chi connectivity index (χ2n) is 7.88. The van der Waals surface area contributed by atoms with E-state index in [9.17, 15) is 18.0 Å². The van der Waals surface area contributed by atoms with Crippen molar-refractivity contribution in [2.45, 2.75) is 16.4 Å². The Morgan fingerprint density at radius 3 is 2.03 bits per heavy atom. The number of amides is 2. The second-order valence-corrected chi connectivity index (χ2v) is 10.3. The van der Waals surface area contributed by atoms with Gasteiger partial charge in [0.1, 0.15) is 12.4 Å². The van der Waals surface area contributed by atoms with Crippen LogP contribution in [0.3, 0.4) is 0 Å². The molecular formula is C27H18ClNO5S. The van der Waals surface area contributed by atoms with Gasteiger partial charge in [-0.1, -0.05) is 41.9 Å². The van der Waals surface area contributed by atoms with Crippen molar-refractivity contribution >= 4 is 38.9 Å². The summed E-state index contributed by atoms with van der Waals surface area (Å²) in [6.45, 7) is 0.387. The van der Waals surface area contributed by atoms with Gasteiger partial charge in [-0.3, -0.25) is 9.59 Å². The molecule has 2 amide bonds. The molecule has 0 radical (unpaired) electrons. The molecule has 35 heavy (non-hydrogen) atoms. The summed E-state index contributed by atoms with van der Waals surface area (Å²) in [6.07, 6.45) is 0. The fourth-order valence-corrected chi connectivity index (χ4v) is 5.22. The monoisotopic (exact) mass is 503 g/mol. The first-order valence-electron chi connectivity index (χ1n) is 10.6. The molecule has 0 aliphatic carbocycles. The molecule has 4 aromatic rings. The second kappa shape index (κ2) is 9.02. The standard InChI is InChI=1S/C27H18ClNO5S/c28-19-6-12-22(13-7-19)35(32,33)23-14-15-24-25(16-23)27(31)29(26(24)30)20-8-10-21(11-9-20)34-17-18-4-2-1-3-5-18/h1-16H,17H2. The number of nitrogens with zero attached hydrogens (tertiary/aromatic N) is 1. The van der Waals surface area contributed by atoms with Crippen molar-refractivity contribution in [2.24, 2.45) is 0 Å². The lowest BCUT2D eigenvalue weighted by atomic mass is 10.1. The normalized spacial score (nSPS) is 13.1. The van der Waals surface area contributed by atoms with Gasteiger partial charge in [-0.2, -0.15) is 0 Å². The molecule has 0 N–H and O–H groups in total. The van der Waals surface area contributed by atoms with Gasteiger partial charge in [-0.15, -0.1) is 0 Å². The van der Waals surface area contributed by atoms with Crippen LogP contribution in [0.25, 0.3) is 0 Å². The first-order valence-corrected chi connectivity index (χ1v) is 12.5. The van der Waals surface area contributed by atoms with E-state index >= 15 is 0 Å². The van der Waals surface area contributed by atoms with Crippen molar-refractivity contribution in [3.05, 3.63) is 119 Å². The molecular weight excluding hydrogens is 486 g/mol. The molecule has 0 atom stereocenters. The van der Waals surface area contributed by atoms with Gasteiger partial charge in [0.25, 0.3) is 11.8 Å². The predicted octanol–water partition coefficient (Wildman–Crippen LogP) is 5.55. The Labute approximate surface area is 207 Å². The molecule has 4 aromatic carbocycles. The molecule has 0 bridgehead atoms. The summed E-state index contributed by atoms with van der Waals surface area (Å²) in [5.74, 6) is -0.514. The van der Waals surface area contributed by atoms with E-state index in [-0.39, 0.29) is 20.9 Å². The van der Waals surface area contributed by atoms with Gasteiger partial charge in [0.05, 0.1) is 26.6 Å². The minimum Gasteiger partial charge on any atom is -0.489 e. The van der Waals surface area contributed by atoms with Crippen molar-refractivity contribution in [1.29, 1.82) is 0 Å². The van der Waals surface area contributed by atoms with E-state index in [0.29, 0.717) is 23.1 Å². The Balaban J connectivity index is 1.38. The van der Waals surface area contributed by atoms with Crippen LogP contribution in [0.5, 0.6) is 5.75 Å². The molecule has 174 valence electrons. The smallest absolute Gasteiger partial charge is 0.266 e. The summed E-state index contributed by atoms with van der Waals surface area (Å²) in [5.41, 5.74) is 1.57. The maximum Gasteiger partial charge on any atom is 0.266 e. The molecule has 0 saturated heterocycles. The molecule has 1 aliphatic rings. The van der Waals surface area contributed by atoms with Gasteiger partial charge in [-0.25, -0.2) is 13.3 Å². The number of benzene rings is 4. The summed E-state index contributed by atoms with van der Waals surface area (Å²) < 4.78 is 31.8. The van der Waals surface area contributed by atoms with Crippen LogP contribution in [0.2, 0.25) is 5.02 Å². The topological polar surface area (TPSA) is 80.8 Å². The Morgan fingerprint density at radius 2 is 1.34 bits per heavy atom. The van der Waals surface area contributed by atoms with Gasteiger partial charge < -0.3 is 4.74 Å². The van der Waals surface area contributed by atoms with E-state index in [2.05, 4.69) is 0 Å². The lowest BCUT2D eigenvalue weighted by Gasteiger charge is -2.14. The minimum absolute atomic E-state index is 0.0365. The first-order chi connectivity index (χ1) is 16.8. The number of carbonyl (C=O) groups excluding carboxylic acids is 2. The maximum atomic E-state index is 13.1. The third-order valence-corrected chi connectivity index (χ3v) is 7.65. The summed E-state index contributed by atoms with van der Waals surface area (Å²) in [4.78, 5) is 27.1. The van der Waals surface area contributed by atoms with Gasteiger partial charge >= 0.3 is 0 Å². The van der Waals surface area contributed by atoms with Crippen LogP contribution in [-0.2, 0) is 16.4 Å². The SMILES string of the molecule is O=C1c2ccc(S(=O)(=O)c3ccc(Cl)cc3)cc2C(=O)N1c1ccc(OCc2ccccc2)cc1. The van der Waals surface area contributed by atoms with Gasteiger partial charge in [0.15, 0.2) is 0 Å². The van der Waals surface area contributed by atoms with Crippen LogP contribution in [0.15, 0.2) is 107 Å². The lowest BCUT2D eigenvalue weighted by Crippen LogP contribution is -2.29. The number of anilines is 1. The van der Waals surface area contributed by atoms with E-state index in [4.69, 9.17) is 16.3 Å². The molecule has 0 fully saturated rings. The zero-order valence-electron chi connectivity index (χ0n) is 18.2. The molecule has 0 spiro atoms. The number of sulfone groups is 1. The molecule has 0 saturated carbocycles. The molecule has 0 aromatic heterocycles. The van der Waals surface area contributed by atoms with Crippen molar-refractivity contribution in [1.82, 2.24) is 0 Å². The number of carbonyl (C=O) groups is 2. The Bertz CT molecular complexity index is 1530. The van der Waals surface area contributed by atoms with E-state index in [1.807, 2.05) is 30.3 Å². The maximum absolute atomic E-state index is 13.1. The molecule has 1 aliphatic heterocycles. The molecule has 0 unspecified atom stereocenters. The van der Waals surface area contributed by atoms with Crippen molar-refractivity contribution in [3.8, 4) is 5.75 Å². The number of hydrogen-bond donors (Lipinski definition) is 0. The van der Waals surface area contributed by atoms with E-state index in [1.165, 1.54) is 42.5 Å². The molecule has 6 nitrogen and oxygen atoms in total. The number of halogens is 1. The van der Waals surface area contributed by atoms with Crippen LogP contribution < -0.4 is 9.64 Å². The van der Waals surface area contributed by atoms with Crippen molar-refractivity contribution in [2.75, 3.05) is 4.90 Å². The fourth-order valence-electron chi connectivity index (χ4n) is 3.80. The summed E-state index contributed by atoms with van der Waals surface area (Å²) >= 11 is 5.86. The zero-order chi connectivity index (χ0) is 24.6. The highest BCUT2D eigenvalue weighted by Crippen LogP contribution is 2.32. The minimum atomic E-state index is -3.89. The quantitative estimate of drug-likeness (QED) is 0.322. The third kappa shape index (κ3) is 4.32. The summed E-state index contributed by atoms with van der Waals surface area (Å²) in [6, 6.07) is 26.0. The van der Waals surface area contributed by atoms with Crippen molar-refractivity contribution in [3.63, 3.8) is 0 Å². The third-order valence-electron chi connectivity index (χ3n) is 5.64. The first kappa shape index (κ1) is 22.8. The van der Waals surface area contributed by atoms with Crippen LogP contribution in [-0.4, -0.2) is 20.2 Å². The van der Waals surface area contributed by atoms with Crippen LogP contribution in [0, 0.1) is 0 Å². The Hall–Kier alpha value is -3.94. The average Bonchev–Trinajstić information content (AvgIpc) is 3.13. The number of imide groups is 1. The highest BCUT2D eigenvalue weighted by atomic mass is 35.5. The van der Waals surface area contributed by atoms with Gasteiger partial charge in [0.2, 0.25) is 9.84 Å². The van der Waals surface area contributed by atoms with Gasteiger partial charge in [-0.05, 0) is 72.3 Å². The van der Waals surface area contributed by atoms with E-state index in [0.717, 1.165) is 10.5 Å². The van der Waals surface area contributed by atoms with Crippen LogP contribution in [0.1, 0.15) is 26.3 Å². The largest absolute Gasteiger partial charge is 0.489 e. The Kier molecular flexibility index (Phi) is 5.88. The van der Waals surface area contributed by atoms with E-state index < -0.39 is 21.7 Å². The fraction of sp³-hybridized carbons (Fsp3) is 0.0370. The number of ether oxygens (including phenoxy) is 1.